The molecule has 0 saturated carbocycles. The molecule has 5 nitrogen and oxygen atoms in total. The number of halogens is 1. The Hall–Kier alpha value is -3.15. The van der Waals surface area contributed by atoms with E-state index in [0.29, 0.717) is 28.4 Å². The number of rotatable bonds is 4. The largest absolute Gasteiger partial charge is 0.372 e. The first kappa shape index (κ1) is 21.7. The van der Waals surface area contributed by atoms with Gasteiger partial charge < -0.3 is 9.80 Å². The van der Waals surface area contributed by atoms with Crippen LogP contribution in [0.2, 0.25) is 0 Å². The van der Waals surface area contributed by atoms with Crippen molar-refractivity contribution in [2.45, 2.75) is 39.0 Å². The first-order chi connectivity index (χ1) is 16.0. The molecule has 3 aliphatic rings. The molecule has 0 N–H and O–H groups in total. The lowest BCUT2D eigenvalue weighted by Gasteiger charge is -2.32. The minimum atomic E-state index is -0.366. The topological polar surface area (TPSA) is 43.9 Å². The summed E-state index contributed by atoms with van der Waals surface area (Å²) in [4.78, 5) is 33.0. The van der Waals surface area contributed by atoms with Gasteiger partial charge in [0.05, 0.1) is 11.3 Å². The van der Waals surface area contributed by atoms with Gasteiger partial charge in [0.1, 0.15) is 11.5 Å². The summed E-state index contributed by atoms with van der Waals surface area (Å²) in [5.74, 6) is -0.401. The van der Waals surface area contributed by atoms with E-state index < -0.39 is 0 Å². The van der Waals surface area contributed by atoms with Gasteiger partial charge in [-0.2, -0.15) is 0 Å². The number of hydrogen-bond acceptors (Lipinski definition) is 4. The molecule has 2 fully saturated rings. The van der Waals surface area contributed by atoms with Crippen LogP contribution in [0.4, 0.5) is 15.8 Å². The van der Waals surface area contributed by atoms with E-state index in [0.717, 1.165) is 44.7 Å². The van der Waals surface area contributed by atoms with E-state index in [1.807, 2.05) is 29.2 Å². The average Bonchev–Trinajstić information content (AvgIpc) is 3.11. The molecule has 3 heterocycles. The summed E-state index contributed by atoms with van der Waals surface area (Å²) in [7, 11) is 0. The van der Waals surface area contributed by atoms with Crippen LogP contribution in [0.1, 0.15) is 44.6 Å². The summed E-state index contributed by atoms with van der Waals surface area (Å²) in [6.07, 6.45) is 5.60. The number of likely N-dealkylation sites (tertiary alicyclic amines) is 1. The second-order valence-corrected chi connectivity index (χ2v) is 9.41. The monoisotopic (exact) mass is 447 g/mol. The van der Waals surface area contributed by atoms with E-state index in [2.05, 4.69) is 11.8 Å². The fraction of sp³-hybridized carbons (Fsp3) is 0.407. The first-order valence-electron chi connectivity index (χ1n) is 12.0. The Bertz CT molecular complexity index is 1060. The van der Waals surface area contributed by atoms with Crippen LogP contribution in [-0.4, -0.2) is 42.9 Å². The fourth-order valence-corrected chi connectivity index (χ4v) is 5.12. The maximum absolute atomic E-state index is 13.7. The van der Waals surface area contributed by atoms with Gasteiger partial charge in [-0.05, 0) is 80.0 Å². The van der Waals surface area contributed by atoms with Crippen molar-refractivity contribution in [2.75, 3.05) is 36.0 Å². The molecule has 0 atom stereocenters. The molecule has 2 aromatic carbocycles. The van der Waals surface area contributed by atoms with Crippen LogP contribution in [0.3, 0.4) is 0 Å². The highest BCUT2D eigenvalue weighted by Crippen LogP contribution is 2.37. The summed E-state index contributed by atoms with van der Waals surface area (Å²) >= 11 is 0. The van der Waals surface area contributed by atoms with Crippen molar-refractivity contribution in [3.63, 3.8) is 0 Å². The van der Waals surface area contributed by atoms with Crippen molar-refractivity contribution in [2.24, 2.45) is 5.92 Å². The van der Waals surface area contributed by atoms with Gasteiger partial charge in [-0.3, -0.25) is 9.59 Å². The molecule has 0 bridgehead atoms. The second kappa shape index (κ2) is 9.00. The molecule has 3 aliphatic heterocycles. The number of carbonyl (C=O) groups is 2. The summed E-state index contributed by atoms with van der Waals surface area (Å²) in [5.41, 5.74) is 3.09. The number of anilines is 2. The van der Waals surface area contributed by atoms with Gasteiger partial charge in [0.25, 0.3) is 11.8 Å². The Morgan fingerprint density at radius 1 is 0.727 bits per heavy atom. The lowest BCUT2D eigenvalue weighted by Crippen LogP contribution is -2.38. The van der Waals surface area contributed by atoms with Gasteiger partial charge in [0.2, 0.25) is 0 Å². The van der Waals surface area contributed by atoms with Gasteiger partial charge in [-0.15, -0.1) is 0 Å². The Labute approximate surface area is 194 Å². The Balaban J connectivity index is 1.48. The van der Waals surface area contributed by atoms with Gasteiger partial charge in [-0.1, -0.05) is 19.1 Å². The number of imide groups is 1. The number of benzene rings is 2. The van der Waals surface area contributed by atoms with Crippen molar-refractivity contribution in [3.05, 3.63) is 65.6 Å². The summed E-state index contributed by atoms with van der Waals surface area (Å²) in [5, 5.41) is 0. The second-order valence-electron chi connectivity index (χ2n) is 9.41. The van der Waals surface area contributed by atoms with Crippen LogP contribution >= 0.6 is 0 Å². The van der Waals surface area contributed by atoms with E-state index in [1.165, 1.54) is 36.3 Å². The molecule has 0 aromatic heterocycles. The van der Waals surface area contributed by atoms with E-state index in [4.69, 9.17) is 0 Å². The number of carbonyl (C=O) groups excluding carboxylic acids is 2. The first-order valence-corrected chi connectivity index (χ1v) is 12.0. The van der Waals surface area contributed by atoms with Crippen molar-refractivity contribution in [1.82, 2.24) is 4.90 Å². The molecule has 0 spiro atoms. The van der Waals surface area contributed by atoms with Gasteiger partial charge in [-0.25, -0.2) is 9.29 Å². The number of amides is 2. The zero-order valence-corrected chi connectivity index (χ0v) is 19.1. The van der Waals surface area contributed by atoms with Gasteiger partial charge in [0, 0.05) is 31.9 Å². The minimum Gasteiger partial charge on any atom is -0.372 e. The van der Waals surface area contributed by atoms with Crippen LogP contribution in [0.25, 0.3) is 5.57 Å². The maximum Gasteiger partial charge on any atom is 0.282 e. The molecular weight excluding hydrogens is 417 g/mol. The molecule has 0 unspecified atom stereocenters. The van der Waals surface area contributed by atoms with Crippen molar-refractivity contribution >= 4 is 28.8 Å². The zero-order valence-electron chi connectivity index (χ0n) is 19.1. The van der Waals surface area contributed by atoms with Crippen LogP contribution < -0.4 is 9.80 Å². The number of nitrogens with zero attached hydrogens (tertiary/aromatic N) is 3. The third-order valence-corrected chi connectivity index (χ3v) is 7.12. The predicted molar refractivity (Wildman–Crippen MR) is 128 cm³/mol. The van der Waals surface area contributed by atoms with E-state index in [-0.39, 0.29) is 17.6 Å². The molecule has 6 heteroatoms. The summed E-state index contributed by atoms with van der Waals surface area (Å²) in [6.45, 7) is 5.76. The number of hydrogen-bond donors (Lipinski definition) is 0. The lowest BCUT2D eigenvalue weighted by atomic mass is 9.97. The molecule has 0 radical (unpaired) electrons. The molecule has 33 heavy (non-hydrogen) atoms. The molecule has 5 rings (SSSR count). The normalized spacial score (nSPS) is 20.2. The van der Waals surface area contributed by atoms with Crippen LogP contribution in [0, 0.1) is 11.7 Å². The standard InChI is InChI=1S/C27H30FN3O2/c1-19-13-17-30(18-14-19)25-24(20-5-7-21(28)8-6-20)26(32)31(27(25)33)23-11-9-22(10-12-23)29-15-3-2-4-16-29/h5-12,19H,2-4,13-18H2,1H3. The minimum absolute atomic E-state index is 0.292. The lowest BCUT2D eigenvalue weighted by molar-refractivity contribution is -0.120. The molecular formula is C27H30FN3O2. The molecule has 2 aromatic rings. The maximum atomic E-state index is 13.7. The van der Waals surface area contributed by atoms with E-state index in [9.17, 15) is 14.0 Å². The molecule has 0 aliphatic carbocycles. The highest BCUT2D eigenvalue weighted by Gasteiger charge is 2.43. The number of piperidine rings is 2. The zero-order chi connectivity index (χ0) is 22.9. The van der Waals surface area contributed by atoms with Crippen molar-refractivity contribution < 1.29 is 14.0 Å². The van der Waals surface area contributed by atoms with Crippen LogP contribution in [-0.2, 0) is 9.59 Å². The summed E-state index contributed by atoms with van der Waals surface area (Å²) in [6, 6.07) is 13.6. The van der Waals surface area contributed by atoms with E-state index >= 15 is 0 Å². The van der Waals surface area contributed by atoms with Crippen LogP contribution in [0.5, 0.6) is 0 Å². The Morgan fingerprint density at radius 3 is 1.97 bits per heavy atom. The molecule has 2 amide bonds. The molecule has 172 valence electrons. The third kappa shape index (κ3) is 4.14. The third-order valence-electron chi connectivity index (χ3n) is 7.12. The fourth-order valence-electron chi connectivity index (χ4n) is 5.12. The average molecular weight is 448 g/mol. The highest BCUT2D eigenvalue weighted by molar-refractivity contribution is 6.45. The highest BCUT2D eigenvalue weighted by atomic mass is 19.1. The SMILES string of the molecule is CC1CCN(C2=C(c3ccc(F)cc3)C(=O)N(c3ccc(N4CCCCC4)cc3)C2=O)CC1. The van der Waals surface area contributed by atoms with Crippen LogP contribution in [0.15, 0.2) is 54.2 Å². The van der Waals surface area contributed by atoms with E-state index in [1.54, 1.807) is 12.1 Å². The Morgan fingerprint density at radius 2 is 1.33 bits per heavy atom. The van der Waals surface area contributed by atoms with Crippen molar-refractivity contribution in [3.8, 4) is 0 Å². The predicted octanol–water partition coefficient (Wildman–Crippen LogP) is 4.83. The Kier molecular flexibility index (Phi) is 5.92. The quantitative estimate of drug-likeness (QED) is 0.630. The van der Waals surface area contributed by atoms with Crippen molar-refractivity contribution in [1.29, 1.82) is 0 Å². The molecule has 2 saturated heterocycles. The van der Waals surface area contributed by atoms with Gasteiger partial charge in [0.15, 0.2) is 0 Å². The smallest absolute Gasteiger partial charge is 0.282 e. The summed E-state index contributed by atoms with van der Waals surface area (Å²) < 4.78 is 13.6. The van der Waals surface area contributed by atoms with Gasteiger partial charge >= 0.3 is 0 Å².